The van der Waals surface area contributed by atoms with Gasteiger partial charge >= 0.3 is 0 Å². The van der Waals surface area contributed by atoms with Crippen molar-refractivity contribution >= 4 is 22.7 Å². The molecule has 2 aliphatic heterocycles. The van der Waals surface area contributed by atoms with E-state index in [1.54, 1.807) is 11.8 Å². The Balaban J connectivity index is 1.87. The molecule has 0 fully saturated rings. The lowest BCUT2D eigenvalue weighted by molar-refractivity contribution is 0.0900. The summed E-state index contributed by atoms with van der Waals surface area (Å²) in [5.74, 6) is 13.1. The number of rotatable bonds is 7. The fraction of sp³-hybridized carbons (Fsp3) is 0.286. The summed E-state index contributed by atoms with van der Waals surface area (Å²) >= 11 is 0. The van der Waals surface area contributed by atoms with Gasteiger partial charge in [0.05, 0.1) is 48.9 Å². The van der Waals surface area contributed by atoms with E-state index in [2.05, 4.69) is 10.6 Å². The molecule has 0 saturated heterocycles. The molecule has 6 N–H and O–H groups in total. The number of anilines is 2. The van der Waals surface area contributed by atoms with Crippen LogP contribution in [0.4, 0.5) is 11.4 Å². The normalized spacial score (nSPS) is 16.4. The summed E-state index contributed by atoms with van der Waals surface area (Å²) in [6.07, 6.45) is 3.74. The Hall–Kier alpha value is -3.27. The lowest BCUT2D eigenvalue weighted by Crippen LogP contribution is -2.41. The second-order valence-electron chi connectivity index (χ2n) is 7.13. The number of methoxy groups -OCH3 is 1. The molecule has 1 aromatic carbocycles. The average molecular weight is 410 g/mol. The van der Waals surface area contributed by atoms with Gasteiger partial charge in [0, 0.05) is 18.4 Å². The van der Waals surface area contributed by atoms with Gasteiger partial charge in [-0.1, -0.05) is 18.2 Å². The third kappa shape index (κ3) is 3.78. The molecule has 0 aliphatic carbocycles. The molecule has 2 aliphatic rings. The maximum atomic E-state index is 12.9. The highest BCUT2D eigenvalue weighted by Crippen LogP contribution is 2.38. The van der Waals surface area contributed by atoms with Gasteiger partial charge in [0.1, 0.15) is 12.4 Å². The number of aromatic nitrogens is 1. The Morgan fingerprint density at radius 1 is 1.17 bits per heavy atom. The molecular formula is C21H26N6O3. The van der Waals surface area contributed by atoms with Crippen molar-refractivity contribution < 1.29 is 14.3 Å². The van der Waals surface area contributed by atoms with E-state index in [1.165, 1.54) is 5.01 Å². The number of carbonyl (C=O) groups excluding carboxylic acids is 1. The Morgan fingerprint density at radius 2 is 1.97 bits per heavy atom. The van der Waals surface area contributed by atoms with Crippen molar-refractivity contribution in [2.24, 2.45) is 5.84 Å². The molecule has 0 amide bonds. The number of hydrogen-bond acceptors (Lipinski definition) is 8. The second-order valence-corrected chi connectivity index (χ2v) is 7.13. The first-order valence-electron chi connectivity index (χ1n) is 9.73. The molecule has 158 valence electrons. The monoisotopic (exact) mass is 410 g/mol. The maximum Gasteiger partial charge on any atom is 0.182 e. The van der Waals surface area contributed by atoms with E-state index in [1.807, 2.05) is 42.6 Å². The molecule has 0 atom stereocenters. The van der Waals surface area contributed by atoms with Crippen molar-refractivity contribution in [3.05, 3.63) is 65.3 Å². The number of dihydropyridines is 1. The van der Waals surface area contributed by atoms with Gasteiger partial charge in [0.15, 0.2) is 5.78 Å². The number of allylic oxidation sites excluding steroid dienone is 2. The van der Waals surface area contributed by atoms with Crippen LogP contribution in [0.1, 0.15) is 21.7 Å². The Morgan fingerprint density at radius 3 is 2.73 bits per heavy atom. The van der Waals surface area contributed by atoms with Gasteiger partial charge in [-0.3, -0.25) is 15.3 Å². The average Bonchev–Trinajstić information content (AvgIpc) is 3.01. The largest absolute Gasteiger partial charge is 0.493 e. The van der Waals surface area contributed by atoms with Crippen LogP contribution in [-0.2, 0) is 16.0 Å². The number of hydrogen-bond donors (Lipinski definition) is 4. The lowest BCUT2D eigenvalue weighted by atomic mass is 10.0. The molecule has 0 unspecified atom stereocenters. The zero-order chi connectivity index (χ0) is 21.1. The number of fused-ring (bicyclic) bond motifs is 1. The SMILES string of the molecule is COCCOC1=C(c2c(Nc3ccccc3)c3c(n2N)CN(N)CC3=O)C=CNC1. The number of ether oxygens (including phenoxy) is 2. The van der Waals surface area contributed by atoms with E-state index >= 15 is 0 Å². The third-order valence-electron chi connectivity index (χ3n) is 5.08. The standard InChI is InChI=1S/C21H26N6O3/c1-29-9-10-30-18-11-24-8-7-15(18)21-20(25-14-5-3-2-4-6-14)19-16(27(21)23)12-26(22)13-17(19)28/h2-8,24-25H,9-13,22-23H2,1H3. The van der Waals surface area contributed by atoms with Crippen molar-refractivity contribution in [3.8, 4) is 0 Å². The predicted molar refractivity (Wildman–Crippen MR) is 115 cm³/mol. The quantitative estimate of drug-likeness (QED) is 0.398. The number of ketones is 1. The van der Waals surface area contributed by atoms with Gasteiger partial charge in [0.25, 0.3) is 0 Å². The molecule has 0 bridgehead atoms. The van der Waals surface area contributed by atoms with Crippen molar-refractivity contribution in [1.29, 1.82) is 0 Å². The van der Waals surface area contributed by atoms with Gasteiger partial charge in [-0.25, -0.2) is 5.01 Å². The number of para-hydroxylation sites is 1. The van der Waals surface area contributed by atoms with Gasteiger partial charge in [0.2, 0.25) is 0 Å². The maximum absolute atomic E-state index is 12.9. The number of Topliss-reactive ketones (excluding diaryl/α,β-unsaturated/α-hetero) is 1. The van der Waals surface area contributed by atoms with Crippen molar-refractivity contribution in [3.63, 3.8) is 0 Å². The van der Waals surface area contributed by atoms with Gasteiger partial charge in [-0.15, -0.1) is 0 Å². The van der Waals surface area contributed by atoms with E-state index in [0.717, 1.165) is 17.0 Å². The summed E-state index contributed by atoms with van der Waals surface area (Å²) in [7, 11) is 1.63. The predicted octanol–water partition coefficient (Wildman–Crippen LogP) is 1.31. The number of nitrogens with two attached hydrogens (primary N) is 2. The third-order valence-corrected chi connectivity index (χ3v) is 5.08. The number of hydrazine groups is 1. The molecule has 0 saturated carbocycles. The molecule has 9 nitrogen and oxygen atoms in total. The first-order valence-corrected chi connectivity index (χ1v) is 9.73. The molecule has 4 rings (SSSR count). The molecule has 2 aromatic rings. The van der Waals surface area contributed by atoms with E-state index in [-0.39, 0.29) is 12.3 Å². The summed E-state index contributed by atoms with van der Waals surface area (Å²) in [6, 6.07) is 9.68. The van der Waals surface area contributed by atoms with E-state index < -0.39 is 0 Å². The number of nitrogen functional groups attached to an aromatic ring is 1. The van der Waals surface area contributed by atoms with E-state index in [0.29, 0.717) is 48.9 Å². The second kappa shape index (κ2) is 8.62. The number of benzene rings is 1. The summed E-state index contributed by atoms with van der Waals surface area (Å²) in [5.41, 5.74) is 4.22. The summed E-state index contributed by atoms with van der Waals surface area (Å²) in [6.45, 7) is 1.89. The van der Waals surface area contributed by atoms with Crippen LogP contribution < -0.4 is 22.3 Å². The molecule has 30 heavy (non-hydrogen) atoms. The van der Waals surface area contributed by atoms with Crippen LogP contribution in [0.5, 0.6) is 0 Å². The minimum Gasteiger partial charge on any atom is -0.493 e. The molecule has 1 aromatic heterocycles. The van der Waals surface area contributed by atoms with Crippen LogP contribution in [-0.4, -0.2) is 48.9 Å². The summed E-state index contributed by atoms with van der Waals surface area (Å²) in [4.78, 5) is 12.9. The molecule has 9 heteroatoms. The van der Waals surface area contributed by atoms with Crippen molar-refractivity contribution in [2.75, 3.05) is 44.6 Å². The highest BCUT2D eigenvalue weighted by Gasteiger charge is 2.33. The van der Waals surface area contributed by atoms with Gasteiger partial charge < -0.3 is 25.9 Å². The number of nitrogens with one attached hydrogen (secondary N) is 2. The Labute approximate surface area is 174 Å². The molecule has 0 spiro atoms. The fourth-order valence-corrected chi connectivity index (χ4v) is 3.73. The summed E-state index contributed by atoms with van der Waals surface area (Å²) in [5, 5.41) is 8.02. The first-order chi connectivity index (χ1) is 14.6. The first kappa shape index (κ1) is 20.0. The Kier molecular flexibility index (Phi) is 5.75. The van der Waals surface area contributed by atoms with Crippen molar-refractivity contribution in [2.45, 2.75) is 6.54 Å². The van der Waals surface area contributed by atoms with Crippen LogP contribution in [0.15, 0.2) is 48.4 Å². The number of nitrogens with zero attached hydrogens (tertiary/aromatic N) is 2. The zero-order valence-corrected chi connectivity index (χ0v) is 16.9. The summed E-state index contributed by atoms with van der Waals surface area (Å²) < 4.78 is 12.6. The highest BCUT2D eigenvalue weighted by atomic mass is 16.5. The Bertz CT molecular complexity index is 996. The number of carbonyl (C=O) groups is 1. The fourth-order valence-electron chi connectivity index (χ4n) is 3.73. The smallest absolute Gasteiger partial charge is 0.182 e. The van der Waals surface area contributed by atoms with Crippen LogP contribution in [0, 0.1) is 0 Å². The zero-order valence-electron chi connectivity index (χ0n) is 16.9. The van der Waals surface area contributed by atoms with E-state index in [9.17, 15) is 4.79 Å². The molecular weight excluding hydrogens is 384 g/mol. The lowest BCUT2D eigenvalue weighted by Gasteiger charge is -2.22. The van der Waals surface area contributed by atoms with E-state index in [4.69, 9.17) is 21.2 Å². The van der Waals surface area contributed by atoms with Gasteiger partial charge in [-0.05, 0) is 24.4 Å². The van der Waals surface area contributed by atoms with Crippen LogP contribution in [0.3, 0.4) is 0 Å². The molecule has 0 radical (unpaired) electrons. The van der Waals surface area contributed by atoms with Gasteiger partial charge in [-0.2, -0.15) is 0 Å². The minimum absolute atomic E-state index is 0.0806. The topological polar surface area (TPSA) is 120 Å². The minimum atomic E-state index is -0.0806. The van der Waals surface area contributed by atoms with Crippen LogP contribution in [0.25, 0.3) is 5.57 Å². The van der Waals surface area contributed by atoms with Crippen LogP contribution in [0.2, 0.25) is 0 Å². The molecule has 3 heterocycles. The van der Waals surface area contributed by atoms with Crippen molar-refractivity contribution in [1.82, 2.24) is 15.0 Å². The van der Waals surface area contributed by atoms with Crippen LogP contribution >= 0.6 is 0 Å². The highest BCUT2D eigenvalue weighted by molar-refractivity contribution is 6.08.